The summed E-state index contributed by atoms with van der Waals surface area (Å²) in [6.45, 7) is 6.12. The Labute approximate surface area is 161 Å². The molecule has 2 aliphatic heterocycles. The zero-order valence-electron chi connectivity index (χ0n) is 16.0. The summed E-state index contributed by atoms with van der Waals surface area (Å²) in [5.41, 5.74) is -0.438. The highest BCUT2D eigenvalue weighted by Crippen LogP contribution is 2.33. The number of imide groups is 1. The molecule has 9 heteroatoms. The van der Waals surface area contributed by atoms with Crippen LogP contribution >= 0.6 is 0 Å². The summed E-state index contributed by atoms with van der Waals surface area (Å²) in [5, 5.41) is 4.79. The highest BCUT2D eigenvalue weighted by atomic mass is 19.1. The van der Waals surface area contributed by atoms with Gasteiger partial charge in [-0.25, -0.2) is 13.6 Å². The standard InChI is InChI=1S/C19H23F2N3O4/c1-19(2,3)23-18(27)28-11-8-24(9-11)10-6-13(20)16(14(21)7-10)12-4-5-15(25)22-17(12)26/h6-7,11-12H,4-5,8-9H2,1-3H3,(H,23,27)(H,22,25,26). The SMILES string of the molecule is CC(C)(C)NC(=O)OC1CN(c2cc(F)c(C3CCC(=O)NC3=O)c(F)c2)C1. The van der Waals surface area contributed by atoms with Crippen molar-refractivity contribution in [2.45, 2.75) is 51.2 Å². The van der Waals surface area contributed by atoms with Gasteiger partial charge in [-0.3, -0.25) is 14.9 Å². The molecule has 2 aliphatic rings. The minimum Gasteiger partial charge on any atom is -0.442 e. The summed E-state index contributed by atoms with van der Waals surface area (Å²) < 4.78 is 34.4. The molecule has 0 saturated carbocycles. The lowest BCUT2D eigenvalue weighted by Gasteiger charge is -2.40. The fourth-order valence-corrected chi connectivity index (χ4v) is 3.27. The van der Waals surface area contributed by atoms with Crippen LogP contribution in [-0.2, 0) is 14.3 Å². The first-order valence-electron chi connectivity index (χ1n) is 9.10. The van der Waals surface area contributed by atoms with Crippen LogP contribution in [0.5, 0.6) is 0 Å². The van der Waals surface area contributed by atoms with Gasteiger partial charge in [0.1, 0.15) is 17.7 Å². The normalized spacial score (nSPS) is 20.5. The predicted molar refractivity (Wildman–Crippen MR) is 96.9 cm³/mol. The summed E-state index contributed by atoms with van der Waals surface area (Å²) >= 11 is 0. The van der Waals surface area contributed by atoms with Crippen LogP contribution < -0.4 is 15.5 Å². The molecule has 0 aliphatic carbocycles. The number of alkyl carbamates (subject to hydrolysis) is 1. The van der Waals surface area contributed by atoms with Gasteiger partial charge in [0.2, 0.25) is 11.8 Å². The number of nitrogens with zero attached hydrogens (tertiary/aromatic N) is 1. The average molecular weight is 395 g/mol. The Morgan fingerprint density at radius 1 is 1.21 bits per heavy atom. The van der Waals surface area contributed by atoms with Crippen LogP contribution in [0.2, 0.25) is 0 Å². The fraction of sp³-hybridized carbons (Fsp3) is 0.526. The Balaban J connectivity index is 1.64. The molecule has 1 unspecified atom stereocenters. The number of hydrogen-bond donors (Lipinski definition) is 2. The van der Waals surface area contributed by atoms with E-state index >= 15 is 0 Å². The van der Waals surface area contributed by atoms with Crippen LogP contribution in [-0.4, -0.2) is 42.6 Å². The van der Waals surface area contributed by atoms with Crippen LogP contribution in [0.3, 0.4) is 0 Å². The Morgan fingerprint density at radius 2 is 1.82 bits per heavy atom. The van der Waals surface area contributed by atoms with Gasteiger partial charge in [0.15, 0.2) is 0 Å². The number of ether oxygens (including phenoxy) is 1. The predicted octanol–water partition coefficient (Wildman–Crippen LogP) is 2.20. The monoisotopic (exact) mass is 395 g/mol. The van der Waals surface area contributed by atoms with E-state index in [1.165, 1.54) is 0 Å². The minimum atomic E-state index is -1.03. The Morgan fingerprint density at radius 3 is 2.36 bits per heavy atom. The van der Waals surface area contributed by atoms with Crippen LogP contribution in [0.4, 0.5) is 19.3 Å². The number of benzene rings is 1. The van der Waals surface area contributed by atoms with Crippen molar-refractivity contribution in [3.63, 3.8) is 0 Å². The van der Waals surface area contributed by atoms with Crippen LogP contribution in [0.25, 0.3) is 0 Å². The maximum absolute atomic E-state index is 14.6. The van der Waals surface area contributed by atoms with E-state index in [2.05, 4.69) is 10.6 Å². The van der Waals surface area contributed by atoms with Gasteiger partial charge in [-0.15, -0.1) is 0 Å². The van der Waals surface area contributed by atoms with Gasteiger partial charge in [0.25, 0.3) is 0 Å². The van der Waals surface area contributed by atoms with E-state index in [0.29, 0.717) is 18.8 Å². The van der Waals surface area contributed by atoms with Gasteiger partial charge >= 0.3 is 6.09 Å². The van der Waals surface area contributed by atoms with E-state index in [0.717, 1.165) is 12.1 Å². The molecule has 0 radical (unpaired) electrons. The van der Waals surface area contributed by atoms with E-state index < -0.39 is 41.0 Å². The second-order valence-corrected chi connectivity index (χ2v) is 8.13. The van der Waals surface area contributed by atoms with Gasteiger partial charge in [0, 0.05) is 23.2 Å². The molecule has 1 atom stereocenters. The summed E-state index contributed by atoms with van der Waals surface area (Å²) in [5.74, 6) is -3.83. The Kier molecular flexibility index (Phi) is 5.27. The van der Waals surface area contributed by atoms with Gasteiger partial charge in [0.05, 0.1) is 19.0 Å². The maximum atomic E-state index is 14.6. The number of hydrogen-bond acceptors (Lipinski definition) is 5. The molecule has 28 heavy (non-hydrogen) atoms. The first-order valence-corrected chi connectivity index (χ1v) is 9.10. The second-order valence-electron chi connectivity index (χ2n) is 8.13. The molecule has 1 aromatic carbocycles. The molecule has 0 spiro atoms. The van der Waals surface area contributed by atoms with E-state index in [1.54, 1.807) is 4.90 Å². The van der Waals surface area contributed by atoms with Crippen LogP contribution in [0.1, 0.15) is 45.1 Å². The molecule has 2 saturated heterocycles. The molecular weight excluding hydrogens is 372 g/mol. The molecule has 3 rings (SSSR count). The van der Waals surface area contributed by atoms with E-state index in [9.17, 15) is 23.2 Å². The van der Waals surface area contributed by atoms with Crippen LogP contribution in [0.15, 0.2) is 12.1 Å². The van der Waals surface area contributed by atoms with Gasteiger partial charge in [-0.1, -0.05) is 0 Å². The van der Waals surface area contributed by atoms with E-state index in [1.807, 2.05) is 20.8 Å². The van der Waals surface area contributed by atoms with Crippen molar-refractivity contribution in [2.24, 2.45) is 0 Å². The molecular formula is C19H23F2N3O4. The van der Waals surface area contributed by atoms with Crippen molar-refractivity contribution in [2.75, 3.05) is 18.0 Å². The number of rotatable bonds is 3. The first kappa shape index (κ1) is 20.0. The summed E-state index contributed by atoms with van der Waals surface area (Å²) in [7, 11) is 0. The number of amides is 3. The minimum absolute atomic E-state index is 0.0405. The van der Waals surface area contributed by atoms with Crippen molar-refractivity contribution in [1.82, 2.24) is 10.6 Å². The molecule has 3 amide bonds. The lowest BCUT2D eigenvalue weighted by atomic mass is 9.89. The second kappa shape index (κ2) is 7.37. The number of nitrogens with one attached hydrogen (secondary N) is 2. The topological polar surface area (TPSA) is 87.7 Å². The third kappa shape index (κ3) is 4.40. The van der Waals surface area contributed by atoms with E-state index in [4.69, 9.17) is 4.74 Å². The molecule has 1 aromatic rings. The smallest absolute Gasteiger partial charge is 0.407 e. The molecule has 152 valence electrons. The molecule has 0 aromatic heterocycles. The third-order valence-corrected chi connectivity index (χ3v) is 4.62. The zero-order chi connectivity index (χ0) is 20.6. The van der Waals surface area contributed by atoms with E-state index in [-0.39, 0.29) is 24.5 Å². The molecule has 2 fully saturated rings. The van der Waals surface area contributed by atoms with Gasteiger partial charge in [-0.05, 0) is 39.3 Å². The van der Waals surface area contributed by atoms with Crippen LogP contribution in [0, 0.1) is 11.6 Å². The van der Waals surface area contributed by atoms with Crippen molar-refractivity contribution >= 4 is 23.6 Å². The lowest BCUT2D eigenvalue weighted by Crippen LogP contribution is -2.55. The van der Waals surface area contributed by atoms with Crippen molar-refractivity contribution in [3.8, 4) is 0 Å². The zero-order valence-corrected chi connectivity index (χ0v) is 16.0. The molecule has 2 N–H and O–H groups in total. The third-order valence-electron chi connectivity index (χ3n) is 4.62. The molecule has 2 heterocycles. The molecule has 0 bridgehead atoms. The fourth-order valence-electron chi connectivity index (χ4n) is 3.27. The summed E-state index contributed by atoms with van der Waals surface area (Å²) in [6.07, 6.45) is -0.801. The number of piperidine rings is 1. The van der Waals surface area contributed by atoms with Crippen molar-refractivity contribution in [3.05, 3.63) is 29.3 Å². The highest BCUT2D eigenvalue weighted by molar-refractivity contribution is 6.01. The number of halogens is 2. The maximum Gasteiger partial charge on any atom is 0.407 e. The quantitative estimate of drug-likeness (QED) is 0.766. The largest absolute Gasteiger partial charge is 0.442 e. The number of anilines is 1. The van der Waals surface area contributed by atoms with Crippen molar-refractivity contribution < 1.29 is 27.9 Å². The lowest BCUT2D eigenvalue weighted by molar-refractivity contribution is -0.134. The number of carbonyl (C=O) groups is 3. The highest BCUT2D eigenvalue weighted by Gasteiger charge is 2.35. The van der Waals surface area contributed by atoms with Gasteiger partial charge in [-0.2, -0.15) is 0 Å². The number of carbonyl (C=O) groups excluding carboxylic acids is 3. The van der Waals surface area contributed by atoms with Gasteiger partial charge < -0.3 is 15.0 Å². The average Bonchev–Trinajstić information content (AvgIpc) is 2.50. The first-order chi connectivity index (χ1) is 13.0. The Hall–Kier alpha value is -2.71. The summed E-state index contributed by atoms with van der Waals surface area (Å²) in [6, 6.07) is 2.32. The Bertz CT molecular complexity index is 793. The van der Waals surface area contributed by atoms with Crippen molar-refractivity contribution in [1.29, 1.82) is 0 Å². The molecule has 7 nitrogen and oxygen atoms in total. The summed E-state index contributed by atoms with van der Waals surface area (Å²) in [4.78, 5) is 36.6.